The van der Waals surface area contributed by atoms with Gasteiger partial charge >= 0.3 is 0 Å². The van der Waals surface area contributed by atoms with Crippen molar-refractivity contribution in [3.8, 4) is 5.75 Å². The van der Waals surface area contributed by atoms with Gasteiger partial charge < -0.3 is 10.1 Å². The molecule has 0 aliphatic carbocycles. The Labute approximate surface area is 200 Å². The largest absolute Gasteiger partial charge is 0.485 e. The van der Waals surface area contributed by atoms with Gasteiger partial charge in [0, 0.05) is 17.3 Å². The third kappa shape index (κ3) is 4.07. The maximum absolute atomic E-state index is 14.0. The van der Waals surface area contributed by atoms with Gasteiger partial charge in [-0.25, -0.2) is 13.8 Å². The van der Waals surface area contributed by atoms with E-state index in [2.05, 4.69) is 15.3 Å². The third-order valence-electron chi connectivity index (χ3n) is 5.89. The Balaban J connectivity index is 1.49. The van der Waals surface area contributed by atoms with Gasteiger partial charge in [0.25, 0.3) is 5.91 Å². The van der Waals surface area contributed by atoms with Crippen molar-refractivity contribution in [1.29, 1.82) is 0 Å². The first-order chi connectivity index (χ1) is 16.8. The summed E-state index contributed by atoms with van der Waals surface area (Å²) in [6.07, 6.45) is 1.70. The standard InChI is InChI=1S/C27H22F2N4O2/c1-15-9-12-22-18(11-10-16(2)30-22)24(15)32-27(34)25-17(3)31-26-23(8-5-13-33(25)26)35-14-19-20(28)6-4-7-21(19)29/h4-13H,14H2,1-3H3,(H,32,34). The van der Waals surface area contributed by atoms with Crippen molar-refractivity contribution in [2.24, 2.45) is 0 Å². The van der Waals surface area contributed by atoms with E-state index >= 15 is 0 Å². The lowest BCUT2D eigenvalue weighted by Gasteiger charge is -2.13. The normalized spacial score (nSPS) is 11.2. The molecule has 5 rings (SSSR count). The molecule has 0 radical (unpaired) electrons. The fourth-order valence-electron chi connectivity index (χ4n) is 4.12. The Kier molecular flexibility index (Phi) is 5.64. The van der Waals surface area contributed by atoms with E-state index in [4.69, 9.17) is 4.74 Å². The van der Waals surface area contributed by atoms with Crippen molar-refractivity contribution in [1.82, 2.24) is 14.4 Å². The monoisotopic (exact) mass is 472 g/mol. The van der Waals surface area contributed by atoms with E-state index in [1.807, 2.05) is 38.1 Å². The Morgan fingerprint density at radius 2 is 1.74 bits per heavy atom. The fraction of sp³-hybridized carbons (Fsp3) is 0.148. The zero-order chi connectivity index (χ0) is 24.7. The van der Waals surface area contributed by atoms with Crippen LogP contribution in [0.25, 0.3) is 16.6 Å². The lowest BCUT2D eigenvalue weighted by molar-refractivity contribution is 0.102. The number of rotatable bonds is 5. The quantitative estimate of drug-likeness (QED) is 0.345. The van der Waals surface area contributed by atoms with E-state index in [0.717, 1.165) is 22.2 Å². The lowest BCUT2D eigenvalue weighted by Crippen LogP contribution is -2.16. The van der Waals surface area contributed by atoms with E-state index in [1.54, 1.807) is 29.7 Å². The molecule has 1 N–H and O–H groups in total. The summed E-state index contributed by atoms with van der Waals surface area (Å²) in [5.74, 6) is -1.42. The Hall–Kier alpha value is -4.33. The molecular weight excluding hydrogens is 450 g/mol. The number of nitrogens with zero attached hydrogens (tertiary/aromatic N) is 3. The maximum atomic E-state index is 14.0. The number of pyridine rings is 2. The minimum absolute atomic E-state index is 0.175. The van der Waals surface area contributed by atoms with Crippen LogP contribution in [0.3, 0.4) is 0 Å². The van der Waals surface area contributed by atoms with Gasteiger partial charge in [0.05, 0.1) is 22.5 Å². The molecule has 0 aliphatic rings. The van der Waals surface area contributed by atoms with Crippen molar-refractivity contribution < 1.29 is 18.3 Å². The predicted molar refractivity (Wildman–Crippen MR) is 130 cm³/mol. The van der Waals surface area contributed by atoms with E-state index in [9.17, 15) is 13.6 Å². The molecule has 0 aliphatic heterocycles. The summed E-state index contributed by atoms with van der Waals surface area (Å²) in [4.78, 5) is 22.5. The van der Waals surface area contributed by atoms with E-state index in [0.29, 0.717) is 28.5 Å². The lowest BCUT2D eigenvalue weighted by atomic mass is 10.1. The van der Waals surface area contributed by atoms with Crippen molar-refractivity contribution in [2.45, 2.75) is 27.4 Å². The van der Waals surface area contributed by atoms with Gasteiger partial charge in [-0.3, -0.25) is 14.2 Å². The van der Waals surface area contributed by atoms with Crippen LogP contribution >= 0.6 is 0 Å². The molecule has 35 heavy (non-hydrogen) atoms. The topological polar surface area (TPSA) is 68.5 Å². The first-order valence-electron chi connectivity index (χ1n) is 11.0. The number of fused-ring (bicyclic) bond motifs is 2. The second-order valence-corrected chi connectivity index (χ2v) is 8.33. The van der Waals surface area contributed by atoms with Gasteiger partial charge in [-0.05, 0) is 68.8 Å². The van der Waals surface area contributed by atoms with Crippen LogP contribution in [-0.4, -0.2) is 20.3 Å². The highest BCUT2D eigenvalue weighted by Crippen LogP contribution is 2.29. The molecule has 2 aromatic carbocycles. The first-order valence-corrected chi connectivity index (χ1v) is 11.0. The smallest absolute Gasteiger partial charge is 0.274 e. The number of carbonyl (C=O) groups excluding carboxylic acids is 1. The minimum atomic E-state index is -0.688. The molecule has 8 heteroatoms. The Morgan fingerprint density at radius 3 is 2.51 bits per heavy atom. The van der Waals surface area contributed by atoms with Gasteiger partial charge in [-0.2, -0.15) is 0 Å². The van der Waals surface area contributed by atoms with Crippen LogP contribution in [-0.2, 0) is 6.61 Å². The van der Waals surface area contributed by atoms with Gasteiger partial charge in [-0.1, -0.05) is 12.1 Å². The van der Waals surface area contributed by atoms with Gasteiger partial charge in [0.15, 0.2) is 11.4 Å². The highest BCUT2D eigenvalue weighted by molar-refractivity contribution is 6.09. The summed E-state index contributed by atoms with van der Waals surface area (Å²) in [6.45, 7) is 5.25. The average Bonchev–Trinajstić information content (AvgIpc) is 3.17. The molecular formula is C27H22F2N4O2. The molecule has 3 aromatic heterocycles. The third-order valence-corrected chi connectivity index (χ3v) is 5.89. The zero-order valence-corrected chi connectivity index (χ0v) is 19.4. The molecule has 1 amide bonds. The molecule has 3 heterocycles. The summed E-state index contributed by atoms with van der Waals surface area (Å²) in [7, 11) is 0. The van der Waals surface area contributed by atoms with Crippen LogP contribution in [0.15, 0.2) is 60.8 Å². The van der Waals surface area contributed by atoms with Crippen LogP contribution in [0.1, 0.15) is 33.0 Å². The number of aromatic nitrogens is 3. The summed E-state index contributed by atoms with van der Waals surface area (Å²) in [6, 6.07) is 14.7. The highest BCUT2D eigenvalue weighted by atomic mass is 19.1. The van der Waals surface area contributed by atoms with Crippen LogP contribution < -0.4 is 10.1 Å². The van der Waals surface area contributed by atoms with Crippen LogP contribution in [0.5, 0.6) is 5.75 Å². The number of anilines is 1. The molecule has 176 valence electrons. The first kappa shape index (κ1) is 22.5. The maximum Gasteiger partial charge on any atom is 0.274 e. The summed E-state index contributed by atoms with van der Waals surface area (Å²) < 4.78 is 35.4. The van der Waals surface area contributed by atoms with Crippen molar-refractivity contribution in [3.05, 3.63) is 101 Å². The number of hydrogen-bond donors (Lipinski definition) is 1. The molecule has 0 spiro atoms. The zero-order valence-electron chi connectivity index (χ0n) is 19.4. The molecule has 0 unspecified atom stereocenters. The number of nitrogens with one attached hydrogen (secondary N) is 1. The SMILES string of the molecule is Cc1ccc2c(NC(=O)c3c(C)nc4c(OCc5c(F)cccc5F)cccn34)c(C)ccc2n1. The highest BCUT2D eigenvalue weighted by Gasteiger charge is 2.21. The second-order valence-electron chi connectivity index (χ2n) is 8.33. The Morgan fingerprint density at radius 1 is 0.971 bits per heavy atom. The molecule has 0 fully saturated rings. The minimum Gasteiger partial charge on any atom is -0.485 e. The van der Waals surface area contributed by atoms with E-state index in [-0.39, 0.29) is 18.1 Å². The number of imidazole rings is 1. The van der Waals surface area contributed by atoms with Crippen LogP contribution in [0.2, 0.25) is 0 Å². The van der Waals surface area contributed by atoms with Crippen LogP contribution in [0, 0.1) is 32.4 Å². The summed E-state index contributed by atoms with van der Waals surface area (Å²) in [5, 5.41) is 3.86. The van der Waals surface area contributed by atoms with E-state index in [1.165, 1.54) is 18.2 Å². The second kappa shape index (κ2) is 8.79. The molecule has 0 bridgehead atoms. The molecule has 0 saturated heterocycles. The predicted octanol–water partition coefficient (Wildman–Crippen LogP) is 5.92. The number of halogens is 2. The number of carbonyl (C=O) groups is 1. The summed E-state index contributed by atoms with van der Waals surface area (Å²) in [5.41, 5.74) is 4.28. The average molecular weight is 472 g/mol. The van der Waals surface area contributed by atoms with E-state index < -0.39 is 11.6 Å². The number of hydrogen-bond acceptors (Lipinski definition) is 4. The van der Waals surface area contributed by atoms with Gasteiger partial charge in [0.1, 0.15) is 23.9 Å². The van der Waals surface area contributed by atoms with Gasteiger partial charge in [0.2, 0.25) is 0 Å². The van der Waals surface area contributed by atoms with Crippen molar-refractivity contribution in [2.75, 3.05) is 5.32 Å². The number of benzene rings is 2. The number of ether oxygens (including phenoxy) is 1. The molecule has 0 saturated carbocycles. The van der Waals surface area contributed by atoms with Crippen molar-refractivity contribution >= 4 is 28.1 Å². The fourth-order valence-corrected chi connectivity index (χ4v) is 4.12. The van der Waals surface area contributed by atoms with Gasteiger partial charge in [-0.15, -0.1) is 0 Å². The summed E-state index contributed by atoms with van der Waals surface area (Å²) >= 11 is 0. The Bertz CT molecular complexity index is 1590. The molecule has 5 aromatic rings. The number of amides is 1. The van der Waals surface area contributed by atoms with Crippen LogP contribution in [0.4, 0.5) is 14.5 Å². The van der Waals surface area contributed by atoms with Crippen molar-refractivity contribution in [3.63, 3.8) is 0 Å². The number of aryl methyl sites for hydroxylation is 3. The molecule has 0 atom stereocenters. The molecule has 6 nitrogen and oxygen atoms in total.